The predicted molar refractivity (Wildman–Crippen MR) is 69.6 cm³/mol. The van der Waals surface area contributed by atoms with Crippen LogP contribution in [0.15, 0.2) is 38.6 Å². The first kappa shape index (κ1) is 12.0. The second kappa shape index (κ2) is 4.77. The van der Waals surface area contributed by atoms with Crippen molar-refractivity contribution >= 4 is 49.0 Å². The molecule has 0 atom stereocenters. The maximum atomic E-state index is 12.9. The number of halogens is 3. The van der Waals surface area contributed by atoms with E-state index in [0.717, 1.165) is 3.79 Å². The van der Waals surface area contributed by atoms with Crippen molar-refractivity contribution in [2.45, 2.75) is 0 Å². The van der Waals surface area contributed by atoms with Crippen LogP contribution >= 0.6 is 43.2 Å². The Morgan fingerprint density at radius 3 is 2.50 bits per heavy atom. The lowest BCUT2D eigenvalue weighted by Gasteiger charge is -2.01. The van der Waals surface area contributed by atoms with Gasteiger partial charge in [-0.2, -0.15) is 0 Å². The quantitative estimate of drug-likeness (QED) is 0.710. The van der Waals surface area contributed by atoms with Gasteiger partial charge in [-0.15, -0.1) is 11.3 Å². The van der Waals surface area contributed by atoms with Crippen LogP contribution in [0.5, 0.6) is 0 Å². The van der Waals surface area contributed by atoms with Crippen LogP contribution in [0.1, 0.15) is 15.2 Å². The zero-order chi connectivity index (χ0) is 11.7. The van der Waals surface area contributed by atoms with Crippen LogP contribution in [0.4, 0.5) is 4.39 Å². The van der Waals surface area contributed by atoms with Crippen molar-refractivity contribution in [3.8, 4) is 0 Å². The molecule has 0 aliphatic heterocycles. The Labute approximate surface area is 113 Å². The van der Waals surface area contributed by atoms with Crippen molar-refractivity contribution in [3.63, 3.8) is 0 Å². The zero-order valence-electron chi connectivity index (χ0n) is 7.84. The molecule has 0 unspecified atom stereocenters. The van der Waals surface area contributed by atoms with Crippen molar-refractivity contribution in [1.82, 2.24) is 0 Å². The molecule has 0 fully saturated rings. The molecular weight excluding hydrogens is 359 g/mol. The maximum absolute atomic E-state index is 12.9. The third-order valence-corrected chi connectivity index (χ3v) is 4.25. The molecule has 0 amide bonds. The molecule has 0 saturated carbocycles. The van der Waals surface area contributed by atoms with Gasteiger partial charge in [-0.1, -0.05) is 0 Å². The van der Waals surface area contributed by atoms with E-state index in [4.69, 9.17) is 0 Å². The highest BCUT2D eigenvalue weighted by Crippen LogP contribution is 2.27. The van der Waals surface area contributed by atoms with E-state index in [2.05, 4.69) is 31.9 Å². The lowest BCUT2D eigenvalue weighted by Crippen LogP contribution is -1.99. The molecule has 1 nitrogen and oxygen atoms in total. The highest BCUT2D eigenvalue weighted by atomic mass is 79.9. The largest absolute Gasteiger partial charge is 0.288 e. The van der Waals surface area contributed by atoms with E-state index in [1.54, 1.807) is 6.07 Å². The van der Waals surface area contributed by atoms with Crippen LogP contribution in [-0.2, 0) is 0 Å². The average Bonchev–Trinajstić information content (AvgIpc) is 2.64. The topological polar surface area (TPSA) is 17.1 Å². The van der Waals surface area contributed by atoms with Crippen molar-refractivity contribution in [2.24, 2.45) is 0 Å². The minimum Gasteiger partial charge on any atom is -0.288 e. The van der Waals surface area contributed by atoms with Gasteiger partial charge in [0.25, 0.3) is 0 Å². The Morgan fingerprint density at radius 1 is 1.19 bits per heavy atom. The van der Waals surface area contributed by atoms with Crippen LogP contribution in [0.25, 0.3) is 0 Å². The number of hydrogen-bond acceptors (Lipinski definition) is 2. The van der Waals surface area contributed by atoms with Gasteiger partial charge in [0.05, 0.1) is 8.66 Å². The SMILES string of the molecule is O=C(c1ccc(Br)s1)c1ccc(F)cc1Br. The minimum absolute atomic E-state index is 0.109. The second-order valence-corrected chi connectivity index (χ2v) is 6.37. The van der Waals surface area contributed by atoms with Gasteiger partial charge < -0.3 is 0 Å². The fraction of sp³-hybridized carbons (Fsp3) is 0. The first-order valence-electron chi connectivity index (χ1n) is 4.33. The van der Waals surface area contributed by atoms with Gasteiger partial charge in [0.2, 0.25) is 5.78 Å². The minimum atomic E-state index is -0.365. The van der Waals surface area contributed by atoms with Crippen LogP contribution in [0, 0.1) is 5.82 Å². The first-order chi connectivity index (χ1) is 7.58. The fourth-order valence-corrected chi connectivity index (χ4v) is 3.11. The van der Waals surface area contributed by atoms with E-state index >= 15 is 0 Å². The highest BCUT2D eigenvalue weighted by molar-refractivity contribution is 9.11. The Balaban J connectivity index is 2.41. The molecule has 1 heterocycles. The summed E-state index contributed by atoms with van der Waals surface area (Å²) < 4.78 is 14.2. The maximum Gasteiger partial charge on any atom is 0.204 e. The molecule has 0 bridgehead atoms. The van der Waals surface area contributed by atoms with E-state index in [0.29, 0.717) is 14.9 Å². The molecule has 16 heavy (non-hydrogen) atoms. The molecule has 2 aromatic rings. The Hall–Kier alpha value is -0.520. The number of carbonyl (C=O) groups excluding carboxylic acids is 1. The fourth-order valence-electron chi connectivity index (χ4n) is 1.24. The van der Waals surface area contributed by atoms with E-state index in [1.807, 2.05) is 6.07 Å². The average molecular weight is 364 g/mol. The molecule has 5 heteroatoms. The van der Waals surface area contributed by atoms with Crippen molar-refractivity contribution in [1.29, 1.82) is 0 Å². The van der Waals surface area contributed by atoms with Crippen LogP contribution in [0.2, 0.25) is 0 Å². The van der Waals surface area contributed by atoms with Gasteiger partial charge in [-0.25, -0.2) is 4.39 Å². The summed E-state index contributed by atoms with van der Waals surface area (Å²) in [6.45, 7) is 0. The summed E-state index contributed by atoms with van der Waals surface area (Å²) in [6.07, 6.45) is 0. The van der Waals surface area contributed by atoms with E-state index in [1.165, 1.54) is 29.5 Å². The third-order valence-electron chi connectivity index (χ3n) is 1.97. The molecule has 82 valence electrons. The number of benzene rings is 1. The van der Waals surface area contributed by atoms with E-state index in [9.17, 15) is 9.18 Å². The van der Waals surface area contributed by atoms with E-state index in [-0.39, 0.29) is 11.6 Å². The van der Waals surface area contributed by atoms with Gasteiger partial charge in [0, 0.05) is 10.0 Å². The standard InChI is InChI=1S/C11H5Br2FOS/c12-8-5-6(14)1-2-7(8)11(15)9-3-4-10(13)16-9/h1-5H. The van der Waals surface area contributed by atoms with Crippen molar-refractivity contribution in [3.05, 3.63) is 54.8 Å². The van der Waals surface area contributed by atoms with Crippen LogP contribution in [-0.4, -0.2) is 5.78 Å². The normalized spacial score (nSPS) is 10.4. The molecule has 2 rings (SSSR count). The molecule has 0 aliphatic carbocycles. The van der Waals surface area contributed by atoms with Crippen molar-refractivity contribution < 1.29 is 9.18 Å². The molecule has 1 aromatic carbocycles. The monoisotopic (exact) mass is 362 g/mol. The van der Waals surface area contributed by atoms with Gasteiger partial charge >= 0.3 is 0 Å². The number of thiophene rings is 1. The summed E-state index contributed by atoms with van der Waals surface area (Å²) in [5.41, 5.74) is 0.468. The lowest BCUT2D eigenvalue weighted by molar-refractivity contribution is 0.104. The Morgan fingerprint density at radius 2 is 1.94 bits per heavy atom. The molecule has 0 N–H and O–H groups in total. The molecule has 0 spiro atoms. The number of ketones is 1. The van der Waals surface area contributed by atoms with Crippen LogP contribution in [0.3, 0.4) is 0 Å². The second-order valence-electron chi connectivity index (χ2n) is 3.06. The van der Waals surface area contributed by atoms with Gasteiger partial charge in [-0.3, -0.25) is 4.79 Å². The molecule has 1 aromatic heterocycles. The summed E-state index contributed by atoms with van der Waals surface area (Å²) in [6, 6.07) is 7.61. The highest BCUT2D eigenvalue weighted by Gasteiger charge is 2.14. The number of rotatable bonds is 2. The molecule has 0 aliphatic rings. The van der Waals surface area contributed by atoms with E-state index < -0.39 is 0 Å². The summed E-state index contributed by atoms with van der Waals surface area (Å²) in [7, 11) is 0. The number of hydrogen-bond donors (Lipinski definition) is 0. The smallest absolute Gasteiger partial charge is 0.204 e. The molecule has 0 saturated heterocycles. The Bertz CT molecular complexity index is 551. The summed E-state index contributed by atoms with van der Waals surface area (Å²) in [5.74, 6) is -0.474. The van der Waals surface area contributed by atoms with Crippen LogP contribution < -0.4 is 0 Å². The van der Waals surface area contributed by atoms with Gasteiger partial charge in [0.1, 0.15) is 5.82 Å². The molecule has 0 radical (unpaired) electrons. The lowest BCUT2D eigenvalue weighted by atomic mass is 10.1. The van der Waals surface area contributed by atoms with Gasteiger partial charge in [0.15, 0.2) is 0 Å². The van der Waals surface area contributed by atoms with Crippen molar-refractivity contribution in [2.75, 3.05) is 0 Å². The Kier molecular flexibility index (Phi) is 3.56. The third kappa shape index (κ3) is 2.42. The zero-order valence-corrected chi connectivity index (χ0v) is 11.8. The van der Waals surface area contributed by atoms with Gasteiger partial charge in [-0.05, 0) is 62.2 Å². The number of carbonyl (C=O) groups is 1. The summed E-state index contributed by atoms with van der Waals surface area (Å²) in [5, 5.41) is 0. The predicted octanol–water partition coefficient (Wildman–Crippen LogP) is 4.64. The summed E-state index contributed by atoms with van der Waals surface area (Å²) >= 11 is 7.84. The first-order valence-corrected chi connectivity index (χ1v) is 6.73. The summed E-state index contributed by atoms with van der Waals surface area (Å²) in [4.78, 5) is 12.7. The molecular formula is C11H5Br2FOS.